The maximum Gasteiger partial charge on any atom is 0.252 e. The largest absolute Gasteiger partial charge is 0.373 e. The number of nitrogens with zero attached hydrogens (tertiary/aromatic N) is 2. The van der Waals surface area contributed by atoms with Crippen molar-refractivity contribution in [2.45, 2.75) is 32.4 Å². The number of hydrogen-bond donors (Lipinski definition) is 1. The highest BCUT2D eigenvalue weighted by Gasteiger charge is 2.39. The second-order valence-corrected chi connectivity index (χ2v) is 5.50. The second kappa shape index (κ2) is 5.16. The molecular formula is C16H17N3O2. The lowest BCUT2D eigenvalue weighted by atomic mass is 10.1. The predicted molar refractivity (Wildman–Crippen MR) is 80.8 cm³/mol. The van der Waals surface area contributed by atoms with Crippen molar-refractivity contribution in [2.75, 3.05) is 5.32 Å². The number of carbonyl (C=O) groups excluding carboxylic acids is 2. The van der Waals surface area contributed by atoms with Crippen molar-refractivity contribution in [3.63, 3.8) is 0 Å². The van der Waals surface area contributed by atoms with Gasteiger partial charge in [-0.05, 0) is 26.0 Å². The molecule has 0 bridgehead atoms. The average Bonchev–Trinajstić information content (AvgIpc) is 2.74. The molecule has 0 aliphatic carbocycles. The summed E-state index contributed by atoms with van der Waals surface area (Å²) >= 11 is 0. The van der Waals surface area contributed by atoms with E-state index >= 15 is 0 Å². The number of pyridine rings is 1. The first-order valence-electron chi connectivity index (χ1n) is 7.03. The Hall–Kier alpha value is -2.43. The van der Waals surface area contributed by atoms with E-state index in [1.807, 2.05) is 38.1 Å². The molecule has 108 valence electrons. The van der Waals surface area contributed by atoms with E-state index in [0.29, 0.717) is 0 Å². The van der Waals surface area contributed by atoms with Gasteiger partial charge in [0.25, 0.3) is 5.91 Å². The lowest BCUT2D eigenvalue weighted by Gasteiger charge is -2.19. The molecule has 1 aromatic heterocycles. The molecule has 5 nitrogen and oxygen atoms in total. The van der Waals surface area contributed by atoms with Crippen LogP contribution in [0, 0.1) is 0 Å². The van der Waals surface area contributed by atoms with Crippen molar-refractivity contribution in [1.82, 2.24) is 9.88 Å². The SMILES string of the molecule is CC(C)N1C(=O)CC(Nc2cccc3cnccc23)C1=O. The van der Waals surface area contributed by atoms with Gasteiger partial charge in [0, 0.05) is 34.9 Å². The highest BCUT2D eigenvalue weighted by Crippen LogP contribution is 2.26. The minimum absolute atomic E-state index is 0.103. The van der Waals surface area contributed by atoms with Crippen LogP contribution >= 0.6 is 0 Å². The number of anilines is 1. The zero-order chi connectivity index (χ0) is 15.0. The third kappa shape index (κ3) is 2.35. The number of likely N-dealkylation sites (tertiary alicyclic amines) is 1. The van der Waals surface area contributed by atoms with Gasteiger partial charge in [0.15, 0.2) is 0 Å². The van der Waals surface area contributed by atoms with E-state index in [1.165, 1.54) is 4.90 Å². The Morgan fingerprint density at radius 2 is 2.10 bits per heavy atom. The molecule has 1 unspecified atom stereocenters. The van der Waals surface area contributed by atoms with E-state index in [9.17, 15) is 9.59 Å². The van der Waals surface area contributed by atoms with Gasteiger partial charge in [0.1, 0.15) is 6.04 Å². The van der Waals surface area contributed by atoms with Gasteiger partial charge in [-0.1, -0.05) is 12.1 Å². The van der Waals surface area contributed by atoms with Crippen LogP contribution in [0.5, 0.6) is 0 Å². The van der Waals surface area contributed by atoms with Crippen LogP contribution in [0.15, 0.2) is 36.7 Å². The Labute approximate surface area is 123 Å². The van der Waals surface area contributed by atoms with Gasteiger partial charge in [-0.2, -0.15) is 0 Å². The molecule has 1 aromatic carbocycles. The molecular weight excluding hydrogens is 266 g/mol. The first-order chi connectivity index (χ1) is 10.1. The number of fused-ring (bicyclic) bond motifs is 1. The smallest absolute Gasteiger partial charge is 0.252 e. The number of rotatable bonds is 3. The Kier molecular flexibility index (Phi) is 3.33. The van der Waals surface area contributed by atoms with Gasteiger partial charge < -0.3 is 5.32 Å². The standard InChI is InChI=1S/C16H17N3O2/c1-10(2)19-15(20)8-14(16(19)21)18-13-5-3-4-11-9-17-7-6-12(11)13/h3-7,9-10,14,18H,8H2,1-2H3. The number of benzene rings is 1. The van der Waals surface area contributed by atoms with Crippen LogP contribution in [-0.2, 0) is 9.59 Å². The Morgan fingerprint density at radius 1 is 1.29 bits per heavy atom. The topological polar surface area (TPSA) is 62.3 Å². The van der Waals surface area contributed by atoms with Gasteiger partial charge >= 0.3 is 0 Å². The molecule has 3 rings (SSSR count). The van der Waals surface area contributed by atoms with Crippen LogP contribution in [-0.4, -0.2) is 33.8 Å². The maximum absolute atomic E-state index is 12.3. The molecule has 1 aliphatic rings. The van der Waals surface area contributed by atoms with E-state index < -0.39 is 6.04 Å². The second-order valence-electron chi connectivity index (χ2n) is 5.50. The fourth-order valence-corrected chi connectivity index (χ4v) is 2.74. The molecule has 2 aromatic rings. The van der Waals surface area contributed by atoms with E-state index in [0.717, 1.165) is 16.5 Å². The molecule has 2 amide bonds. The summed E-state index contributed by atoms with van der Waals surface area (Å²) in [5.41, 5.74) is 0.853. The highest BCUT2D eigenvalue weighted by molar-refractivity contribution is 6.08. The Balaban J connectivity index is 1.90. The Morgan fingerprint density at radius 3 is 2.81 bits per heavy atom. The first-order valence-corrected chi connectivity index (χ1v) is 7.03. The molecule has 1 aliphatic heterocycles. The van der Waals surface area contributed by atoms with Crippen molar-refractivity contribution >= 4 is 28.3 Å². The fraction of sp³-hybridized carbons (Fsp3) is 0.312. The third-order valence-corrected chi connectivity index (χ3v) is 3.71. The van der Waals surface area contributed by atoms with Crippen LogP contribution in [0.25, 0.3) is 10.8 Å². The van der Waals surface area contributed by atoms with E-state index in [4.69, 9.17) is 0 Å². The molecule has 0 saturated carbocycles. The van der Waals surface area contributed by atoms with E-state index in [1.54, 1.807) is 12.4 Å². The number of aromatic nitrogens is 1. The molecule has 1 saturated heterocycles. The van der Waals surface area contributed by atoms with Crippen LogP contribution in [0.1, 0.15) is 20.3 Å². The van der Waals surface area contributed by atoms with Crippen molar-refractivity contribution < 1.29 is 9.59 Å². The minimum atomic E-state index is -0.487. The zero-order valence-electron chi connectivity index (χ0n) is 12.0. The van der Waals surface area contributed by atoms with E-state index in [2.05, 4.69) is 10.3 Å². The number of imide groups is 1. The van der Waals surface area contributed by atoms with Crippen LogP contribution in [0.4, 0.5) is 5.69 Å². The van der Waals surface area contributed by atoms with Crippen molar-refractivity contribution in [3.05, 3.63) is 36.7 Å². The number of amides is 2. The molecule has 0 spiro atoms. The summed E-state index contributed by atoms with van der Waals surface area (Å²) in [6.07, 6.45) is 3.70. The van der Waals surface area contributed by atoms with Gasteiger partial charge in [0.05, 0.1) is 6.42 Å². The summed E-state index contributed by atoms with van der Waals surface area (Å²) in [6.45, 7) is 3.70. The molecule has 0 radical (unpaired) electrons. The summed E-state index contributed by atoms with van der Waals surface area (Å²) in [6, 6.07) is 7.10. The van der Waals surface area contributed by atoms with Gasteiger partial charge in [-0.3, -0.25) is 19.5 Å². The van der Waals surface area contributed by atoms with Gasteiger partial charge in [-0.25, -0.2) is 0 Å². The molecule has 1 fully saturated rings. The molecule has 2 heterocycles. The predicted octanol–water partition coefficient (Wildman–Crippen LogP) is 2.18. The number of hydrogen-bond acceptors (Lipinski definition) is 4. The molecule has 21 heavy (non-hydrogen) atoms. The van der Waals surface area contributed by atoms with Crippen LogP contribution < -0.4 is 5.32 Å². The first kappa shape index (κ1) is 13.5. The Bertz CT molecular complexity index is 706. The van der Waals surface area contributed by atoms with Crippen LogP contribution in [0.3, 0.4) is 0 Å². The third-order valence-electron chi connectivity index (χ3n) is 3.71. The van der Waals surface area contributed by atoms with E-state index in [-0.39, 0.29) is 24.3 Å². The average molecular weight is 283 g/mol. The van der Waals surface area contributed by atoms with Gasteiger partial charge in [0.2, 0.25) is 5.91 Å². The van der Waals surface area contributed by atoms with Crippen LogP contribution in [0.2, 0.25) is 0 Å². The summed E-state index contributed by atoms with van der Waals surface area (Å²) in [4.78, 5) is 29.7. The molecule has 1 atom stereocenters. The quantitative estimate of drug-likeness (QED) is 0.877. The highest BCUT2D eigenvalue weighted by atomic mass is 16.2. The van der Waals surface area contributed by atoms with Crippen molar-refractivity contribution in [3.8, 4) is 0 Å². The maximum atomic E-state index is 12.3. The lowest BCUT2D eigenvalue weighted by molar-refractivity contribution is -0.140. The zero-order valence-corrected chi connectivity index (χ0v) is 12.0. The number of carbonyl (C=O) groups is 2. The molecule has 1 N–H and O–H groups in total. The van der Waals surface area contributed by atoms with Gasteiger partial charge in [-0.15, -0.1) is 0 Å². The normalized spacial score (nSPS) is 18.8. The summed E-state index contributed by atoms with van der Waals surface area (Å²) in [5.74, 6) is -0.268. The summed E-state index contributed by atoms with van der Waals surface area (Å²) in [5, 5.41) is 5.21. The minimum Gasteiger partial charge on any atom is -0.373 e. The lowest BCUT2D eigenvalue weighted by Crippen LogP contribution is -2.39. The monoisotopic (exact) mass is 283 g/mol. The summed E-state index contributed by atoms with van der Waals surface area (Å²) in [7, 11) is 0. The number of nitrogens with one attached hydrogen (secondary N) is 1. The van der Waals surface area contributed by atoms with Crippen molar-refractivity contribution in [1.29, 1.82) is 0 Å². The fourth-order valence-electron chi connectivity index (χ4n) is 2.74. The molecule has 5 heteroatoms. The summed E-state index contributed by atoms with van der Waals surface area (Å²) < 4.78 is 0. The van der Waals surface area contributed by atoms with Crippen molar-refractivity contribution in [2.24, 2.45) is 0 Å².